The molecule has 0 aliphatic carbocycles. The molecule has 0 atom stereocenters. The number of rotatable bonds is 5. The summed E-state index contributed by atoms with van der Waals surface area (Å²) in [4.78, 5) is 12.8. The molecule has 0 bridgehead atoms. The van der Waals surface area contributed by atoms with Crippen LogP contribution in [0.1, 0.15) is 17.3 Å². The molecule has 0 saturated carbocycles. The van der Waals surface area contributed by atoms with Gasteiger partial charge in [0, 0.05) is 44.7 Å². The Bertz CT molecular complexity index is 1060. The Hall–Kier alpha value is -3.32. The van der Waals surface area contributed by atoms with Gasteiger partial charge in [-0.3, -0.25) is 9.88 Å². The lowest BCUT2D eigenvalue weighted by Crippen LogP contribution is -2.46. The van der Waals surface area contributed by atoms with Crippen molar-refractivity contribution in [1.82, 2.24) is 20.0 Å². The molecule has 1 saturated heterocycles. The first-order chi connectivity index (χ1) is 14.0. The second kappa shape index (κ2) is 7.97. The summed E-state index contributed by atoms with van der Waals surface area (Å²) in [7, 11) is 0. The number of piperazine rings is 1. The summed E-state index contributed by atoms with van der Waals surface area (Å²) >= 11 is 0. The molecule has 2 aromatic heterocycles. The Labute approximate surface area is 165 Å². The zero-order valence-corrected chi connectivity index (χ0v) is 15.7. The summed E-state index contributed by atoms with van der Waals surface area (Å²) < 4.78 is 34.8. The predicted octanol–water partition coefficient (Wildman–Crippen LogP) is 2.72. The van der Waals surface area contributed by atoms with Gasteiger partial charge in [-0.1, -0.05) is 5.16 Å². The van der Waals surface area contributed by atoms with Gasteiger partial charge in [0.05, 0.1) is 23.3 Å². The standard InChI is InChI=1S/C19H18F2N6O2/c1-12-24-17(25-29-12)11-26-4-6-27(7-5-26)18-13(9-22)10-23-16-3-2-14(8-15(16)18)28-19(20)21/h2-3,8,10,19H,4-7,11H2,1H3. The molecule has 3 aromatic rings. The molecule has 29 heavy (non-hydrogen) atoms. The molecule has 4 rings (SSSR count). The number of ether oxygens (including phenoxy) is 1. The Morgan fingerprint density at radius 1 is 1.28 bits per heavy atom. The first-order valence-corrected chi connectivity index (χ1v) is 9.07. The molecule has 150 valence electrons. The minimum atomic E-state index is -2.92. The van der Waals surface area contributed by atoms with Gasteiger partial charge >= 0.3 is 6.61 Å². The Balaban J connectivity index is 1.58. The van der Waals surface area contributed by atoms with E-state index in [1.807, 2.05) is 0 Å². The molecule has 1 aliphatic heterocycles. The van der Waals surface area contributed by atoms with E-state index < -0.39 is 6.61 Å². The summed E-state index contributed by atoms with van der Waals surface area (Å²) in [5.74, 6) is 1.20. The van der Waals surface area contributed by atoms with Gasteiger partial charge in [-0.25, -0.2) is 0 Å². The molecule has 1 aliphatic rings. The van der Waals surface area contributed by atoms with E-state index in [0.717, 1.165) is 13.1 Å². The molecular formula is C19H18F2N6O2. The maximum atomic E-state index is 12.6. The SMILES string of the molecule is Cc1nc(CN2CCN(c3c(C#N)cnc4ccc(OC(F)F)cc34)CC2)no1. The molecule has 0 N–H and O–H groups in total. The smallest absolute Gasteiger partial charge is 0.387 e. The van der Waals surface area contributed by atoms with E-state index in [4.69, 9.17) is 4.52 Å². The lowest BCUT2D eigenvalue weighted by Gasteiger charge is -2.36. The van der Waals surface area contributed by atoms with Crippen molar-refractivity contribution in [2.24, 2.45) is 0 Å². The fourth-order valence-electron chi connectivity index (χ4n) is 3.49. The highest BCUT2D eigenvalue weighted by Crippen LogP contribution is 2.33. The molecule has 1 fully saturated rings. The van der Waals surface area contributed by atoms with Crippen molar-refractivity contribution in [3.8, 4) is 11.8 Å². The molecule has 0 unspecified atom stereocenters. The van der Waals surface area contributed by atoms with E-state index in [0.29, 0.717) is 53.5 Å². The average Bonchev–Trinajstić information content (AvgIpc) is 3.12. The number of fused-ring (bicyclic) bond motifs is 1. The Kier molecular flexibility index (Phi) is 5.22. The molecule has 0 spiro atoms. The summed E-state index contributed by atoms with van der Waals surface area (Å²) in [5.41, 5.74) is 1.70. The third-order valence-corrected chi connectivity index (χ3v) is 4.78. The lowest BCUT2D eigenvalue weighted by molar-refractivity contribution is -0.0497. The highest BCUT2D eigenvalue weighted by Gasteiger charge is 2.23. The summed E-state index contributed by atoms with van der Waals surface area (Å²) in [6, 6.07) is 6.74. The van der Waals surface area contributed by atoms with Gasteiger partial charge in [0.1, 0.15) is 11.8 Å². The number of hydrogen-bond donors (Lipinski definition) is 0. The molecule has 1 aromatic carbocycles. The number of halogens is 2. The van der Waals surface area contributed by atoms with Crippen LogP contribution in [0.3, 0.4) is 0 Å². The van der Waals surface area contributed by atoms with Gasteiger partial charge in [-0.15, -0.1) is 0 Å². The third-order valence-electron chi connectivity index (χ3n) is 4.78. The zero-order valence-electron chi connectivity index (χ0n) is 15.7. The first-order valence-electron chi connectivity index (χ1n) is 9.07. The Morgan fingerprint density at radius 3 is 2.72 bits per heavy atom. The van der Waals surface area contributed by atoms with Gasteiger partial charge in [0.2, 0.25) is 5.89 Å². The van der Waals surface area contributed by atoms with Crippen molar-refractivity contribution in [2.45, 2.75) is 20.1 Å². The minimum absolute atomic E-state index is 0.0387. The maximum absolute atomic E-state index is 12.6. The van der Waals surface area contributed by atoms with Crippen molar-refractivity contribution >= 4 is 16.6 Å². The van der Waals surface area contributed by atoms with Crippen LogP contribution in [0.25, 0.3) is 10.9 Å². The normalized spacial score (nSPS) is 15.1. The number of anilines is 1. The number of aryl methyl sites for hydroxylation is 1. The van der Waals surface area contributed by atoms with E-state index in [-0.39, 0.29) is 5.75 Å². The topological polar surface area (TPSA) is 91.3 Å². The van der Waals surface area contributed by atoms with Gasteiger partial charge in [-0.2, -0.15) is 19.0 Å². The second-order valence-electron chi connectivity index (χ2n) is 6.68. The largest absolute Gasteiger partial charge is 0.435 e. The average molecular weight is 400 g/mol. The summed E-state index contributed by atoms with van der Waals surface area (Å²) in [6.07, 6.45) is 1.51. The van der Waals surface area contributed by atoms with Crippen LogP contribution in [0.4, 0.5) is 14.5 Å². The van der Waals surface area contributed by atoms with Crippen LogP contribution in [-0.4, -0.2) is 52.8 Å². The van der Waals surface area contributed by atoms with Crippen LogP contribution >= 0.6 is 0 Å². The van der Waals surface area contributed by atoms with Crippen LogP contribution in [0.15, 0.2) is 28.9 Å². The van der Waals surface area contributed by atoms with E-state index in [1.165, 1.54) is 18.3 Å². The van der Waals surface area contributed by atoms with Gasteiger partial charge in [-0.05, 0) is 18.2 Å². The van der Waals surface area contributed by atoms with Crippen LogP contribution in [-0.2, 0) is 6.54 Å². The fourth-order valence-corrected chi connectivity index (χ4v) is 3.49. The fraction of sp³-hybridized carbons (Fsp3) is 0.368. The van der Waals surface area contributed by atoms with Crippen molar-refractivity contribution in [3.05, 3.63) is 41.7 Å². The molecule has 10 heteroatoms. The van der Waals surface area contributed by atoms with Crippen molar-refractivity contribution in [1.29, 1.82) is 5.26 Å². The maximum Gasteiger partial charge on any atom is 0.387 e. The number of nitriles is 1. The van der Waals surface area contributed by atoms with Gasteiger partial charge in [0.25, 0.3) is 0 Å². The number of pyridine rings is 1. The number of benzene rings is 1. The zero-order chi connectivity index (χ0) is 20.4. The third kappa shape index (κ3) is 4.09. The lowest BCUT2D eigenvalue weighted by atomic mass is 10.1. The highest BCUT2D eigenvalue weighted by atomic mass is 19.3. The van der Waals surface area contributed by atoms with Crippen LogP contribution in [0.2, 0.25) is 0 Å². The predicted molar refractivity (Wildman–Crippen MR) is 99.6 cm³/mol. The molecule has 8 nitrogen and oxygen atoms in total. The van der Waals surface area contributed by atoms with E-state index in [2.05, 4.69) is 35.7 Å². The second-order valence-corrected chi connectivity index (χ2v) is 6.68. The van der Waals surface area contributed by atoms with Crippen LogP contribution in [0.5, 0.6) is 5.75 Å². The first kappa shape index (κ1) is 19.0. The number of hydrogen-bond acceptors (Lipinski definition) is 8. The van der Waals surface area contributed by atoms with E-state index in [1.54, 1.807) is 13.0 Å². The molecule has 0 amide bonds. The van der Waals surface area contributed by atoms with E-state index in [9.17, 15) is 14.0 Å². The van der Waals surface area contributed by atoms with E-state index >= 15 is 0 Å². The van der Waals surface area contributed by atoms with Crippen LogP contribution < -0.4 is 9.64 Å². The van der Waals surface area contributed by atoms with Crippen molar-refractivity contribution < 1.29 is 18.0 Å². The molecule has 3 heterocycles. The Morgan fingerprint density at radius 2 is 2.07 bits per heavy atom. The van der Waals surface area contributed by atoms with Crippen LogP contribution in [0, 0.1) is 18.3 Å². The quantitative estimate of drug-likeness (QED) is 0.646. The number of alkyl halides is 2. The van der Waals surface area contributed by atoms with Crippen molar-refractivity contribution in [3.63, 3.8) is 0 Å². The number of aromatic nitrogens is 3. The highest BCUT2D eigenvalue weighted by molar-refractivity contribution is 5.95. The number of nitrogens with zero attached hydrogens (tertiary/aromatic N) is 6. The molecular weight excluding hydrogens is 382 g/mol. The summed E-state index contributed by atoms with van der Waals surface area (Å²) in [6.45, 7) is 2.19. The monoisotopic (exact) mass is 400 g/mol. The molecule has 0 radical (unpaired) electrons. The minimum Gasteiger partial charge on any atom is -0.435 e. The summed E-state index contributed by atoms with van der Waals surface area (Å²) in [5, 5.41) is 14.1. The van der Waals surface area contributed by atoms with Gasteiger partial charge < -0.3 is 14.2 Å². The van der Waals surface area contributed by atoms with Crippen molar-refractivity contribution in [2.75, 3.05) is 31.1 Å². The van der Waals surface area contributed by atoms with Gasteiger partial charge in [0.15, 0.2) is 5.82 Å².